The molecule has 2 rings (SSSR count). The third-order valence-corrected chi connectivity index (χ3v) is 6.04. The molecular weight excluding hydrogens is 214 g/mol. The van der Waals surface area contributed by atoms with Crippen molar-refractivity contribution in [1.82, 2.24) is 0 Å². The van der Waals surface area contributed by atoms with Crippen LogP contribution in [0.5, 0.6) is 0 Å². The van der Waals surface area contributed by atoms with Crippen LogP contribution >= 0.6 is 11.8 Å². The second-order valence-corrected chi connectivity index (χ2v) is 6.95. The van der Waals surface area contributed by atoms with Crippen molar-refractivity contribution < 1.29 is 0 Å². The molecule has 0 radical (unpaired) electrons. The molecule has 3 atom stereocenters. The van der Waals surface area contributed by atoms with Crippen LogP contribution in [0.1, 0.15) is 58.3 Å². The molecule has 2 saturated carbocycles. The number of nitriles is 1. The van der Waals surface area contributed by atoms with Crippen LogP contribution in [0.3, 0.4) is 0 Å². The summed E-state index contributed by atoms with van der Waals surface area (Å²) in [6.45, 7) is 2.30. The highest BCUT2D eigenvalue weighted by Gasteiger charge is 2.32. The largest absolute Gasteiger partial charge is 0.198 e. The summed E-state index contributed by atoms with van der Waals surface area (Å²) < 4.78 is 0. The van der Waals surface area contributed by atoms with Gasteiger partial charge in [0.15, 0.2) is 0 Å². The number of hydrogen-bond acceptors (Lipinski definition) is 2. The molecule has 0 heterocycles. The van der Waals surface area contributed by atoms with Gasteiger partial charge in [-0.1, -0.05) is 26.2 Å². The summed E-state index contributed by atoms with van der Waals surface area (Å²) in [4.78, 5) is 0. The zero-order valence-electron chi connectivity index (χ0n) is 10.3. The summed E-state index contributed by atoms with van der Waals surface area (Å²) in [6.07, 6.45) is 10.7. The minimum Gasteiger partial charge on any atom is -0.198 e. The van der Waals surface area contributed by atoms with Crippen LogP contribution in [0.15, 0.2) is 0 Å². The zero-order chi connectivity index (χ0) is 11.4. The molecule has 1 nitrogen and oxygen atoms in total. The molecular formula is C14H23NS. The lowest BCUT2D eigenvalue weighted by Gasteiger charge is -2.33. The van der Waals surface area contributed by atoms with Gasteiger partial charge in [0.1, 0.15) is 0 Å². The maximum Gasteiger partial charge on any atom is 0.0667 e. The molecule has 2 fully saturated rings. The first-order valence-corrected chi connectivity index (χ1v) is 7.82. The number of nitrogens with zero attached hydrogens (tertiary/aromatic N) is 1. The average molecular weight is 237 g/mol. The smallest absolute Gasteiger partial charge is 0.0667 e. The normalized spacial score (nSPS) is 36.1. The van der Waals surface area contributed by atoms with Crippen LogP contribution in [0.2, 0.25) is 0 Å². The van der Waals surface area contributed by atoms with Crippen LogP contribution < -0.4 is 0 Å². The van der Waals surface area contributed by atoms with Crippen molar-refractivity contribution in [3.8, 4) is 6.07 Å². The van der Waals surface area contributed by atoms with Crippen molar-refractivity contribution in [2.75, 3.05) is 0 Å². The van der Waals surface area contributed by atoms with Gasteiger partial charge in [-0.25, -0.2) is 0 Å². The molecule has 0 bridgehead atoms. The SMILES string of the molecule is CCC1CCC(C#N)C(SC2CCCC2)C1. The zero-order valence-corrected chi connectivity index (χ0v) is 11.1. The van der Waals surface area contributed by atoms with Crippen LogP contribution in [-0.2, 0) is 0 Å². The molecule has 2 heteroatoms. The molecule has 2 aliphatic rings. The second-order valence-electron chi connectivity index (χ2n) is 5.40. The summed E-state index contributed by atoms with van der Waals surface area (Å²) in [6, 6.07) is 2.55. The maximum absolute atomic E-state index is 9.23. The summed E-state index contributed by atoms with van der Waals surface area (Å²) in [5, 5.41) is 10.7. The lowest BCUT2D eigenvalue weighted by Crippen LogP contribution is -2.27. The summed E-state index contributed by atoms with van der Waals surface area (Å²) in [5.74, 6) is 1.23. The van der Waals surface area contributed by atoms with Gasteiger partial charge in [-0.3, -0.25) is 0 Å². The topological polar surface area (TPSA) is 23.8 Å². The van der Waals surface area contributed by atoms with Gasteiger partial charge in [0, 0.05) is 10.5 Å². The van der Waals surface area contributed by atoms with Crippen molar-refractivity contribution in [1.29, 1.82) is 5.26 Å². The summed E-state index contributed by atoms with van der Waals surface area (Å²) >= 11 is 2.16. The van der Waals surface area contributed by atoms with E-state index in [9.17, 15) is 5.26 Å². The Bertz CT molecular complexity index is 252. The van der Waals surface area contributed by atoms with Crippen LogP contribution in [0, 0.1) is 23.2 Å². The van der Waals surface area contributed by atoms with Gasteiger partial charge in [0.25, 0.3) is 0 Å². The maximum atomic E-state index is 9.23. The molecule has 0 N–H and O–H groups in total. The Hall–Kier alpha value is -0.160. The number of rotatable bonds is 3. The monoisotopic (exact) mass is 237 g/mol. The third-order valence-electron chi connectivity index (χ3n) is 4.31. The Morgan fingerprint density at radius 3 is 2.56 bits per heavy atom. The Morgan fingerprint density at radius 2 is 1.94 bits per heavy atom. The first-order chi connectivity index (χ1) is 7.83. The fraction of sp³-hybridized carbons (Fsp3) is 0.929. The van der Waals surface area contributed by atoms with Crippen molar-refractivity contribution >= 4 is 11.8 Å². The molecule has 3 unspecified atom stereocenters. The van der Waals surface area contributed by atoms with E-state index in [2.05, 4.69) is 24.8 Å². The van der Waals surface area contributed by atoms with Crippen molar-refractivity contribution in [3.63, 3.8) is 0 Å². The van der Waals surface area contributed by atoms with E-state index in [0.29, 0.717) is 11.2 Å². The Kier molecular flexibility index (Phi) is 4.58. The van der Waals surface area contributed by atoms with E-state index in [4.69, 9.17) is 0 Å². The van der Waals surface area contributed by atoms with Crippen molar-refractivity contribution in [2.24, 2.45) is 11.8 Å². The van der Waals surface area contributed by atoms with E-state index >= 15 is 0 Å². The van der Waals surface area contributed by atoms with Gasteiger partial charge in [-0.15, -0.1) is 0 Å². The Labute approximate surface area is 104 Å². The van der Waals surface area contributed by atoms with E-state index < -0.39 is 0 Å². The molecule has 0 aromatic heterocycles. The van der Waals surface area contributed by atoms with Crippen LogP contribution in [0.25, 0.3) is 0 Å². The summed E-state index contributed by atoms with van der Waals surface area (Å²) in [7, 11) is 0. The first kappa shape index (κ1) is 12.3. The van der Waals surface area contributed by atoms with E-state index in [1.165, 1.54) is 44.9 Å². The minimum absolute atomic E-state index is 0.341. The Morgan fingerprint density at radius 1 is 1.19 bits per heavy atom. The molecule has 0 spiro atoms. The number of hydrogen-bond donors (Lipinski definition) is 0. The highest BCUT2D eigenvalue weighted by molar-refractivity contribution is 8.00. The van der Waals surface area contributed by atoms with Crippen molar-refractivity contribution in [2.45, 2.75) is 68.8 Å². The van der Waals surface area contributed by atoms with Gasteiger partial charge in [-0.05, 0) is 38.0 Å². The predicted octanol–water partition coefficient (Wildman–Crippen LogP) is 4.38. The molecule has 0 aliphatic heterocycles. The standard InChI is InChI=1S/C14H23NS/c1-2-11-7-8-12(10-15)14(9-11)16-13-5-3-4-6-13/h11-14H,2-9H2,1H3. The fourth-order valence-corrected chi connectivity index (χ4v) is 5.02. The van der Waals surface area contributed by atoms with Crippen LogP contribution in [0.4, 0.5) is 0 Å². The molecule has 90 valence electrons. The van der Waals surface area contributed by atoms with Crippen molar-refractivity contribution in [3.05, 3.63) is 0 Å². The van der Waals surface area contributed by atoms with Gasteiger partial charge in [0.2, 0.25) is 0 Å². The van der Waals surface area contributed by atoms with Crippen LogP contribution in [-0.4, -0.2) is 10.5 Å². The van der Waals surface area contributed by atoms with E-state index in [0.717, 1.165) is 17.6 Å². The second kappa shape index (κ2) is 5.96. The Balaban J connectivity index is 1.89. The predicted molar refractivity (Wildman–Crippen MR) is 70.4 cm³/mol. The van der Waals surface area contributed by atoms with Gasteiger partial charge < -0.3 is 0 Å². The van der Waals surface area contributed by atoms with E-state index in [1.54, 1.807) is 0 Å². The highest BCUT2D eigenvalue weighted by Crippen LogP contribution is 2.42. The molecule has 0 saturated heterocycles. The molecule has 0 aromatic rings. The third kappa shape index (κ3) is 2.94. The summed E-state index contributed by atoms with van der Waals surface area (Å²) in [5.41, 5.74) is 0. The molecule has 2 aliphatic carbocycles. The molecule has 0 amide bonds. The first-order valence-electron chi connectivity index (χ1n) is 6.88. The van der Waals surface area contributed by atoms with Gasteiger partial charge >= 0.3 is 0 Å². The lowest BCUT2D eigenvalue weighted by atomic mass is 9.81. The quantitative estimate of drug-likeness (QED) is 0.727. The van der Waals surface area contributed by atoms with Gasteiger partial charge in [-0.2, -0.15) is 17.0 Å². The highest BCUT2D eigenvalue weighted by atomic mass is 32.2. The fourth-order valence-electron chi connectivity index (χ4n) is 3.15. The van der Waals surface area contributed by atoms with E-state index in [-0.39, 0.29) is 0 Å². The molecule has 0 aromatic carbocycles. The van der Waals surface area contributed by atoms with Gasteiger partial charge in [0.05, 0.1) is 12.0 Å². The number of thioether (sulfide) groups is 1. The lowest BCUT2D eigenvalue weighted by molar-refractivity contribution is 0.316. The van der Waals surface area contributed by atoms with E-state index in [1.807, 2.05) is 0 Å². The minimum atomic E-state index is 0.341. The molecule has 16 heavy (non-hydrogen) atoms. The average Bonchev–Trinajstić information content (AvgIpc) is 2.82.